The van der Waals surface area contributed by atoms with Crippen LogP contribution in [-0.4, -0.2) is 31.9 Å². The summed E-state index contributed by atoms with van der Waals surface area (Å²) in [5.41, 5.74) is 2.09. The summed E-state index contributed by atoms with van der Waals surface area (Å²) < 4.78 is 14.6. The van der Waals surface area contributed by atoms with Crippen molar-refractivity contribution in [3.8, 4) is 11.6 Å². The van der Waals surface area contributed by atoms with Crippen LogP contribution in [0, 0.1) is 10.6 Å². The predicted octanol–water partition coefficient (Wildman–Crippen LogP) is 4.66. The van der Waals surface area contributed by atoms with E-state index in [1.165, 1.54) is 35.0 Å². The lowest BCUT2D eigenvalue weighted by molar-refractivity contribution is 0.432. The molecule has 2 heterocycles. The molecule has 6 nitrogen and oxygen atoms in total. The fourth-order valence-electron chi connectivity index (χ4n) is 3.52. The molecule has 1 atom stereocenters. The van der Waals surface area contributed by atoms with E-state index < -0.39 is 11.4 Å². The van der Waals surface area contributed by atoms with E-state index in [9.17, 15) is 14.3 Å². The van der Waals surface area contributed by atoms with Gasteiger partial charge in [-0.25, -0.2) is 4.39 Å². The van der Waals surface area contributed by atoms with Crippen molar-refractivity contribution in [2.75, 3.05) is 0 Å². The van der Waals surface area contributed by atoms with Crippen molar-refractivity contribution in [2.45, 2.75) is 25.8 Å². The largest absolute Gasteiger partial charge is 0.494 e. The van der Waals surface area contributed by atoms with Gasteiger partial charge in [0.1, 0.15) is 11.4 Å². The Balaban J connectivity index is 1.67. The van der Waals surface area contributed by atoms with Gasteiger partial charge in [-0.15, -0.1) is 0 Å². The maximum absolute atomic E-state index is 13.3. The lowest BCUT2D eigenvalue weighted by Crippen LogP contribution is -2.19. The Hall–Kier alpha value is -3.52. The summed E-state index contributed by atoms with van der Waals surface area (Å²) in [6.45, 7) is 2.02. The van der Waals surface area contributed by atoms with E-state index in [-0.39, 0.29) is 22.3 Å². The smallest absolute Gasteiger partial charge is 0.264 e. The zero-order valence-corrected chi connectivity index (χ0v) is 17.6. The van der Waals surface area contributed by atoms with Crippen molar-refractivity contribution in [2.24, 2.45) is 4.99 Å². The lowest BCUT2D eigenvalue weighted by atomic mass is 10.0. The van der Waals surface area contributed by atoms with Gasteiger partial charge in [0.2, 0.25) is 5.88 Å². The molecule has 158 valence electrons. The molecule has 1 unspecified atom stereocenters. The minimum atomic E-state index is -0.536. The van der Waals surface area contributed by atoms with E-state index in [4.69, 9.17) is 12.2 Å². The molecule has 0 amide bonds. The Labute approximate surface area is 182 Å². The van der Waals surface area contributed by atoms with E-state index in [0.717, 1.165) is 22.9 Å². The molecule has 0 aliphatic heterocycles. The van der Waals surface area contributed by atoms with E-state index in [2.05, 4.69) is 21.0 Å². The standard InChI is InChI=1S/C23H21FN4O2S/c1-2-16(11-14-12-26-20-6-4-3-5-18(14)20)25-13-19-21(29)27-23(31)28(22(19)30)17-9-7-15(24)8-10-17/h3-10,12-13,16,26,30H,2,11H2,1H3,(H,27,29,31). The molecule has 0 fully saturated rings. The molecular formula is C23H21FN4O2S. The van der Waals surface area contributed by atoms with Crippen LogP contribution in [0.5, 0.6) is 5.88 Å². The highest BCUT2D eigenvalue weighted by Gasteiger charge is 2.14. The molecule has 31 heavy (non-hydrogen) atoms. The molecule has 2 aromatic carbocycles. The molecule has 4 aromatic rings. The van der Waals surface area contributed by atoms with Crippen LogP contribution in [0.4, 0.5) is 4.39 Å². The molecule has 0 saturated carbocycles. The average molecular weight is 437 g/mol. The second-order valence-electron chi connectivity index (χ2n) is 7.21. The zero-order valence-electron chi connectivity index (χ0n) is 16.8. The molecule has 4 rings (SSSR count). The summed E-state index contributed by atoms with van der Waals surface area (Å²) in [6, 6.07) is 13.4. The molecule has 2 aromatic heterocycles. The number of aromatic hydroxyl groups is 1. The zero-order chi connectivity index (χ0) is 22.0. The monoisotopic (exact) mass is 436 g/mol. The van der Waals surface area contributed by atoms with Crippen LogP contribution in [0.2, 0.25) is 0 Å². The van der Waals surface area contributed by atoms with Crippen molar-refractivity contribution < 1.29 is 9.50 Å². The highest BCUT2D eigenvalue weighted by atomic mass is 32.1. The van der Waals surface area contributed by atoms with E-state index in [0.29, 0.717) is 12.1 Å². The molecule has 0 aliphatic rings. The van der Waals surface area contributed by atoms with Crippen LogP contribution in [0.25, 0.3) is 16.6 Å². The quantitative estimate of drug-likeness (QED) is 0.303. The van der Waals surface area contributed by atoms with E-state index in [1.807, 2.05) is 31.3 Å². The van der Waals surface area contributed by atoms with Gasteiger partial charge in [0.15, 0.2) is 4.77 Å². The second-order valence-corrected chi connectivity index (χ2v) is 7.60. The van der Waals surface area contributed by atoms with Gasteiger partial charge in [0, 0.05) is 23.3 Å². The number of fused-ring (bicyclic) bond motifs is 1. The second kappa shape index (κ2) is 8.69. The van der Waals surface area contributed by atoms with Gasteiger partial charge in [0.25, 0.3) is 5.56 Å². The number of nitrogens with zero attached hydrogens (tertiary/aromatic N) is 2. The van der Waals surface area contributed by atoms with Gasteiger partial charge < -0.3 is 10.1 Å². The van der Waals surface area contributed by atoms with Crippen LogP contribution in [-0.2, 0) is 6.42 Å². The summed E-state index contributed by atoms with van der Waals surface area (Å²) in [5.74, 6) is -0.755. The number of rotatable bonds is 6. The van der Waals surface area contributed by atoms with Gasteiger partial charge in [-0.05, 0) is 61.0 Å². The SMILES string of the molecule is CCC(Cc1c[nH]c2ccccc12)N=Cc1c(O)n(-c2ccc(F)cc2)c(=S)[nH]c1=O. The predicted molar refractivity (Wildman–Crippen MR) is 123 cm³/mol. The molecule has 0 radical (unpaired) electrons. The van der Waals surface area contributed by atoms with Gasteiger partial charge in [-0.1, -0.05) is 25.1 Å². The number of benzene rings is 2. The number of para-hydroxylation sites is 1. The number of aliphatic imine (C=N–C) groups is 1. The molecule has 0 aliphatic carbocycles. The maximum Gasteiger partial charge on any atom is 0.264 e. The number of hydrogen-bond donors (Lipinski definition) is 3. The average Bonchev–Trinajstić information content (AvgIpc) is 3.16. The molecule has 8 heteroatoms. The number of H-pyrrole nitrogens is 2. The van der Waals surface area contributed by atoms with Crippen molar-refractivity contribution in [3.05, 3.63) is 86.8 Å². The molecule has 0 saturated heterocycles. The number of aromatic nitrogens is 3. The normalized spacial score (nSPS) is 12.6. The number of aromatic amines is 2. The minimum Gasteiger partial charge on any atom is -0.494 e. The first-order chi connectivity index (χ1) is 15.0. The Morgan fingerprint density at radius 2 is 1.97 bits per heavy atom. The summed E-state index contributed by atoms with van der Waals surface area (Å²) in [7, 11) is 0. The maximum atomic E-state index is 13.3. The van der Waals surface area contributed by atoms with Crippen molar-refractivity contribution in [1.82, 2.24) is 14.5 Å². The molecule has 3 N–H and O–H groups in total. The van der Waals surface area contributed by atoms with Crippen LogP contribution in [0.15, 0.2) is 64.5 Å². The van der Waals surface area contributed by atoms with Gasteiger partial charge in [0.05, 0.1) is 11.7 Å². The highest BCUT2D eigenvalue weighted by Crippen LogP contribution is 2.22. The van der Waals surface area contributed by atoms with Crippen molar-refractivity contribution >= 4 is 29.3 Å². The van der Waals surface area contributed by atoms with Gasteiger partial charge in [-0.2, -0.15) is 0 Å². The Morgan fingerprint density at radius 3 is 2.71 bits per heavy atom. The van der Waals surface area contributed by atoms with E-state index in [1.54, 1.807) is 0 Å². The van der Waals surface area contributed by atoms with E-state index >= 15 is 0 Å². The fraction of sp³-hybridized carbons (Fsp3) is 0.174. The van der Waals surface area contributed by atoms with Crippen molar-refractivity contribution in [3.63, 3.8) is 0 Å². The van der Waals surface area contributed by atoms with Crippen molar-refractivity contribution in [1.29, 1.82) is 0 Å². The summed E-state index contributed by atoms with van der Waals surface area (Å²) >= 11 is 5.19. The van der Waals surface area contributed by atoms with Crippen LogP contribution in [0.1, 0.15) is 24.5 Å². The van der Waals surface area contributed by atoms with Crippen LogP contribution < -0.4 is 5.56 Å². The summed E-state index contributed by atoms with van der Waals surface area (Å²) in [5, 5.41) is 11.9. The minimum absolute atomic E-state index is 0.00435. The molecule has 0 bridgehead atoms. The number of nitrogens with one attached hydrogen (secondary N) is 2. The van der Waals surface area contributed by atoms with Crippen LogP contribution >= 0.6 is 12.2 Å². The Kier molecular flexibility index (Phi) is 5.81. The van der Waals surface area contributed by atoms with Gasteiger partial charge in [-0.3, -0.25) is 19.3 Å². The number of hydrogen-bond acceptors (Lipinski definition) is 4. The highest BCUT2D eigenvalue weighted by molar-refractivity contribution is 7.71. The lowest BCUT2D eigenvalue weighted by Gasteiger charge is -2.12. The third-order valence-electron chi connectivity index (χ3n) is 5.22. The first-order valence-electron chi connectivity index (χ1n) is 9.90. The molecular weight excluding hydrogens is 415 g/mol. The molecule has 0 spiro atoms. The third-order valence-corrected chi connectivity index (χ3v) is 5.51. The van der Waals surface area contributed by atoms with Crippen LogP contribution in [0.3, 0.4) is 0 Å². The number of halogens is 1. The first kappa shape index (κ1) is 20.7. The fourth-order valence-corrected chi connectivity index (χ4v) is 3.81. The third kappa shape index (κ3) is 4.20. The first-order valence-corrected chi connectivity index (χ1v) is 10.3. The van der Waals surface area contributed by atoms with Gasteiger partial charge >= 0.3 is 0 Å². The Morgan fingerprint density at radius 1 is 1.23 bits per heavy atom. The Bertz CT molecular complexity index is 1370. The summed E-state index contributed by atoms with van der Waals surface area (Å²) in [6.07, 6.45) is 4.80. The summed E-state index contributed by atoms with van der Waals surface area (Å²) in [4.78, 5) is 22.8. The topological polar surface area (TPSA) is 86.2 Å².